The summed E-state index contributed by atoms with van der Waals surface area (Å²) in [5, 5.41) is 3.01. The van der Waals surface area contributed by atoms with Gasteiger partial charge in [0, 0.05) is 19.1 Å². The normalized spacial score (nSPS) is 37.1. The van der Waals surface area contributed by atoms with Crippen LogP contribution >= 0.6 is 0 Å². The van der Waals surface area contributed by atoms with E-state index in [9.17, 15) is 4.79 Å². The second-order valence-corrected chi connectivity index (χ2v) is 5.19. The van der Waals surface area contributed by atoms with Crippen LogP contribution in [0.2, 0.25) is 0 Å². The summed E-state index contributed by atoms with van der Waals surface area (Å²) < 4.78 is 0. The Bertz CT molecular complexity index is 257. The number of hydrogen-bond donors (Lipinski definition) is 2. The van der Waals surface area contributed by atoms with Crippen LogP contribution in [0.3, 0.4) is 0 Å². The zero-order valence-electron chi connectivity index (χ0n) is 10.1. The van der Waals surface area contributed by atoms with E-state index in [4.69, 9.17) is 5.73 Å². The second kappa shape index (κ2) is 5.15. The van der Waals surface area contributed by atoms with Crippen molar-refractivity contribution in [3.05, 3.63) is 0 Å². The van der Waals surface area contributed by atoms with Gasteiger partial charge in [-0.15, -0.1) is 0 Å². The molecule has 3 unspecified atom stereocenters. The number of amides is 1. The monoisotopic (exact) mass is 225 g/mol. The Labute approximate surface area is 97.6 Å². The largest absolute Gasteiger partial charge is 0.355 e. The molecule has 3 N–H and O–H groups in total. The van der Waals surface area contributed by atoms with E-state index in [2.05, 4.69) is 17.1 Å². The van der Waals surface area contributed by atoms with Crippen molar-refractivity contribution in [3.63, 3.8) is 0 Å². The SMILES string of the molecule is CC1CC(CN)CN1C1CCCCNC1=O. The van der Waals surface area contributed by atoms with Gasteiger partial charge >= 0.3 is 0 Å². The Balaban J connectivity index is 2.02. The molecule has 0 spiro atoms. The highest BCUT2D eigenvalue weighted by Gasteiger charge is 2.36. The fourth-order valence-electron chi connectivity index (χ4n) is 3.02. The topological polar surface area (TPSA) is 58.4 Å². The maximum Gasteiger partial charge on any atom is 0.237 e. The van der Waals surface area contributed by atoms with Crippen molar-refractivity contribution in [2.24, 2.45) is 11.7 Å². The average Bonchev–Trinajstić information content (AvgIpc) is 2.51. The first-order chi connectivity index (χ1) is 7.72. The molecule has 92 valence electrons. The maximum absolute atomic E-state index is 12.0. The number of nitrogens with one attached hydrogen (secondary N) is 1. The molecule has 4 heteroatoms. The van der Waals surface area contributed by atoms with Crippen LogP contribution in [0.25, 0.3) is 0 Å². The maximum atomic E-state index is 12.0. The minimum absolute atomic E-state index is 0.0917. The number of carbonyl (C=O) groups is 1. The second-order valence-electron chi connectivity index (χ2n) is 5.19. The first-order valence-electron chi connectivity index (χ1n) is 6.46. The number of hydrogen-bond acceptors (Lipinski definition) is 3. The molecule has 2 rings (SSSR count). The van der Waals surface area contributed by atoms with Crippen molar-refractivity contribution < 1.29 is 4.79 Å². The van der Waals surface area contributed by atoms with Crippen LogP contribution in [0.4, 0.5) is 0 Å². The predicted octanol–water partition coefficient (Wildman–Crippen LogP) is 0.324. The first-order valence-corrected chi connectivity index (χ1v) is 6.46. The van der Waals surface area contributed by atoms with Gasteiger partial charge in [-0.3, -0.25) is 9.69 Å². The first kappa shape index (κ1) is 11.9. The lowest BCUT2D eigenvalue weighted by molar-refractivity contribution is -0.126. The van der Waals surface area contributed by atoms with E-state index in [0.29, 0.717) is 12.0 Å². The molecule has 2 saturated heterocycles. The minimum Gasteiger partial charge on any atom is -0.355 e. The molecule has 0 aromatic rings. The van der Waals surface area contributed by atoms with Crippen molar-refractivity contribution in [2.75, 3.05) is 19.6 Å². The van der Waals surface area contributed by atoms with E-state index in [1.165, 1.54) is 0 Å². The summed E-state index contributed by atoms with van der Waals surface area (Å²) in [4.78, 5) is 14.3. The fraction of sp³-hybridized carbons (Fsp3) is 0.917. The van der Waals surface area contributed by atoms with Crippen molar-refractivity contribution in [1.29, 1.82) is 0 Å². The Kier molecular flexibility index (Phi) is 3.82. The molecular weight excluding hydrogens is 202 g/mol. The summed E-state index contributed by atoms with van der Waals surface area (Å²) in [5.74, 6) is 0.799. The molecule has 0 bridgehead atoms. The van der Waals surface area contributed by atoms with Gasteiger partial charge in [0.05, 0.1) is 6.04 Å². The summed E-state index contributed by atoms with van der Waals surface area (Å²) in [7, 11) is 0. The van der Waals surface area contributed by atoms with E-state index >= 15 is 0 Å². The molecular formula is C12H23N3O. The lowest BCUT2D eigenvalue weighted by Gasteiger charge is -2.29. The van der Waals surface area contributed by atoms with Gasteiger partial charge in [-0.25, -0.2) is 0 Å². The highest BCUT2D eigenvalue weighted by molar-refractivity contribution is 5.82. The highest BCUT2D eigenvalue weighted by atomic mass is 16.2. The van der Waals surface area contributed by atoms with E-state index in [-0.39, 0.29) is 11.9 Å². The number of nitrogens with zero attached hydrogens (tertiary/aromatic N) is 1. The molecule has 0 saturated carbocycles. The third-order valence-corrected chi connectivity index (χ3v) is 3.95. The fourth-order valence-corrected chi connectivity index (χ4v) is 3.02. The van der Waals surface area contributed by atoms with E-state index in [0.717, 1.165) is 45.3 Å². The summed E-state index contributed by atoms with van der Waals surface area (Å²) in [6, 6.07) is 0.594. The van der Waals surface area contributed by atoms with Gasteiger partial charge in [0.1, 0.15) is 0 Å². The summed E-state index contributed by atoms with van der Waals surface area (Å²) in [6.07, 6.45) is 4.42. The summed E-state index contributed by atoms with van der Waals surface area (Å²) >= 11 is 0. The highest BCUT2D eigenvalue weighted by Crippen LogP contribution is 2.27. The van der Waals surface area contributed by atoms with Crippen LogP contribution in [0, 0.1) is 5.92 Å². The lowest BCUT2D eigenvalue weighted by atomic mass is 10.1. The zero-order chi connectivity index (χ0) is 11.5. The Morgan fingerprint density at radius 3 is 3.00 bits per heavy atom. The van der Waals surface area contributed by atoms with Gasteiger partial charge in [0.25, 0.3) is 0 Å². The van der Waals surface area contributed by atoms with E-state index in [1.54, 1.807) is 0 Å². The molecule has 1 amide bonds. The average molecular weight is 225 g/mol. The van der Waals surface area contributed by atoms with Crippen LogP contribution in [0.15, 0.2) is 0 Å². The van der Waals surface area contributed by atoms with Crippen LogP contribution in [-0.4, -0.2) is 42.5 Å². The molecule has 0 aromatic carbocycles. The molecule has 2 aliphatic rings. The quantitative estimate of drug-likeness (QED) is 0.712. The third kappa shape index (κ3) is 2.38. The van der Waals surface area contributed by atoms with E-state index < -0.39 is 0 Å². The molecule has 4 nitrogen and oxygen atoms in total. The van der Waals surface area contributed by atoms with Gasteiger partial charge in [-0.05, 0) is 45.1 Å². The smallest absolute Gasteiger partial charge is 0.237 e. The van der Waals surface area contributed by atoms with Gasteiger partial charge in [-0.1, -0.05) is 0 Å². The predicted molar refractivity (Wildman–Crippen MR) is 64.0 cm³/mol. The van der Waals surface area contributed by atoms with Crippen molar-refractivity contribution in [2.45, 2.75) is 44.7 Å². The molecule has 2 heterocycles. The van der Waals surface area contributed by atoms with Crippen LogP contribution in [0.5, 0.6) is 0 Å². The summed E-state index contributed by atoms with van der Waals surface area (Å²) in [5.41, 5.74) is 5.73. The van der Waals surface area contributed by atoms with Gasteiger partial charge in [0.15, 0.2) is 0 Å². The van der Waals surface area contributed by atoms with Gasteiger partial charge in [0.2, 0.25) is 5.91 Å². The van der Waals surface area contributed by atoms with Crippen molar-refractivity contribution in [1.82, 2.24) is 10.2 Å². The molecule has 0 aliphatic carbocycles. The number of likely N-dealkylation sites (tertiary alicyclic amines) is 1. The molecule has 2 aliphatic heterocycles. The Morgan fingerprint density at radius 1 is 1.50 bits per heavy atom. The van der Waals surface area contributed by atoms with Gasteiger partial charge in [-0.2, -0.15) is 0 Å². The third-order valence-electron chi connectivity index (χ3n) is 3.95. The van der Waals surface area contributed by atoms with Crippen molar-refractivity contribution >= 4 is 5.91 Å². The minimum atomic E-state index is 0.0917. The Morgan fingerprint density at radius 2 is 2.31 bits per heavy atom. The Hall–Kier alpha value is -0.610. The van der Waals surface area contributed by atoms with Gasteiger partial charge < -0.3 is 11.1 Å². The molecule has 16 heavy (non-hydrogen) atoms. The van der Waals surface area contributed by atoms with Crippen LogP contribution in [-0.2, 0) is 4.79 Å². The molecule has 0 aromatic heterocycles. The zero-order valence-corrected chi connectivity index (χ0v) is 10.1. The van der Waals surface area contributed by atoms with Crippen molar-refractivity contribution in [3.8, 4) is 0 Å². The van der Waals surface area contributed by atoms with Crippen LogP contribution in [0.1, 0.15) is 32.6 Å². The van der Waals surface area contributed by atoms with Crippen LogP contribution < -0.4 is 11.1 Å². The summed E-state index contributed by atoms with van der Waals surface area (Å²) in [6.45, 7) is 4.80. The van der Waals surface area contributed by atoms with E-state index in [1.807, 2.05) is 0 Å². The number of nitrogens with two attached hydrogens (primary N) is 1. The molecule has 0 radical (unpaired) electrons. The molecule has 2 fully saturated rings. The number of rotatable bonds is 2. The number of carbonyl (C=O) groups excluding carboxylic acids is 1. The standard InChI is InChI=1S/C12H23N3O/c1-9-6-10(7-13)8-15(9)11-4-2-3-5-14-12(11)16/h9-11H,2-8,13H2,1H3,(H,14,16). The lowest BCUT2D eigenvalue weighted by Crippen LogP contribution is -2.47. The molecule has 3 atom stereocenters.